The normalized spacial score (nSPS) is 23.8. The van der Waals surface area contributed by atoms with Gasteiger partial charge in [0.25, 0.3) is 0 Å². The lowest BCUT2D eigenvalue weighted by molar-refractivity contribution is -0.140. The van der Waals surface area contributed by atoms with Gasteiger partial charge in [-0.2, -0.15) is 0 Å². The molecule has 0 radical (unpaired) electrons. The Morgan fingerprint density at radius 1 is 1.00 bits per heavy atom. The van der Waals surface area contributed by atoms with Crippen LogP contribution in [-0.4, -0.2) is 48.0 Å². The first-order chi connectivity index (χ1) is 23.1. The SMILES string of the molecule is CCCCCCOC(C)C1=C(C)C2=NC1=CC1=NC(=CC3=C(C)C4=C(O)CC(=C5NC(=C2)[C@@H](C)[C@@H]5CCC(=O)OC)C4=N3)C(CC)=C1C. The topological polar surface area (TPSA) is 105 Å². The summed E-state index contributed by atoms with van der Waals surface area (Å²) in [6, 6.07) is 0. The van der Waals surface area contributed by atoms with Crippen molar-refractivity contribution in [3.8, 4) is 0 Å². The Bertz CT molecular complexity index is 1790. The first kappa shape index (κ1) is 33.8. The molecule has 0 amide bonds. The van der Waals surface area contributed by atoms with Gasteiger partial charge in [-0.3, -0.25) is 4.79 Å². The van der Waals surface area contributed by atoms with Crippen molar-refractivity contribution in [1.82, 2.24) is 5.32 Å². The quantitative estimate of drug-likeness (QED) is 0.172. The summed E-state index contributed by atoms with van der Waals surface area (Å²) in [6.07, 6.45) is 13.0. The van der Waals surface area contributed by atoms with Crippen LogP contribution in [0.15, 0.2) is 106 Å². The molecule has 5 heterocycles. The highest BCUT2D eigenvalue weighted by atomic mass is 16.5. The standard InChI is InChI=1S/C40H50N4O4/c1-9-11-12-13-16-48-25(7)37-23(5)31-18-30-22(4)27(14-15-36(46)47-8)39(43-30)28-17-35(45)38-24(6)32(44-40(28)38)19-33-26(10-2)21(3)29(41-33)20-34(37)42-31/h18-20,22,25,27,43,45H,9-17H2,1-8H3/t22-,25?,27-/m0/s1. The van der Waals surface area contributed by atoms with E-state index in [1.165, 1.54) is 31.9 Å². The molecular formula is C40H50N4O4. The average molecular weight is 651 g/mol. The minimum Gasteiger partial charge on any atom is -0.511 e. The number of hydrogen-bond donors (Lipinski definition) is 2. The van der Waals surface area contributed by atoms with Crippen molar-refractivity contribution in [2.75, 3.05) is 13.7 Å². The number of nitrogens with one attached hydrogen (secondary N) is 1. The molecule has 0 saturated carbocycles. The number of unbranched alkanes of at least 4 members (excludes halogenated alkanes) is 3. The van der Waals surface area contributed by atoms with E-state index in [4.69, 9.17) is 24.5 Å². The lowest BCUT2D eigenvalue weighted by atomic mass is 9.86. The molecular weight excluding hydrogens is 600 g/mol. The Kier molecular flexibility index (Phi) is 9.75. The van der Waals surface area contributed by atoms with Crippen molar-refractivity contribution in [1.29, 1.82) is 0 Å². The van der Waals surface area contributed by atoms with Gasteiger partial charge in [0.1, 0.15) is 5.76 Å². The van der Waals surface area contributed by atoms with Gasteiger partial charge in [-0.15, -0.1) is 0 Å². The number of nitrogens with zero attached hydrogens (tertiary/aromatic N) is 3. The Balaban J connectivity index is 1.51. The first-order valence-electron chi connectivity index (χ1n) is 17.7. The third-order valence-electron chi connectivity index (χ3n) is 10.8. The van der Waals surface area contributed by atoms with Crippen LogP contribution >= 0.6 is 0 Å². The molecule has 0 spiro atoms. The number of aliphatic imine (C=N–C) groups is 3. The zero-order valence-corrected chi connectivity index (χ0v) is 29.8. The maximum atomic E-state index is 12.3. The molecule has 1 saturated heterocycles. The molecule has 1 aliphatic carbocycles. The van der Waals surface area contributed by atoms with Crippen LogP contribution in [0.3, 0.4) is 0 Å². The summed E-state index contributed by atoms with van der Waals surface area (Å²) >= 11 is 0. The minimum absolute atomic E-state index is 0.0172. The number of allylic oxidation sites excluding steroid dienone is 11. The summed E-state index contributed by atoms with van der Waals surface area (Å²) in [4.78, 5) is 27.9. The van der Waals surface area contributed by atoms with E-state index in [1.54, 1.807) is 0 Å². The molecule has 2 N–H and O–H groups in total. The van der Waals surface area contributed by atoms with Gasteiger partial charge in [0, 0.05) is 59.4 Å². The number of fused-ring (bicyclic) bond motifs is 5. The third kappa shape index (κ3) is 6.04. The summed E-state index contributed by atoms with van der Waals surface area (Å²) in [5.41, 5.74) is 14.5. The number of carbonyl (C=O) groups is 1. The Hall–Kier alpha value is -4.04. The molecule has 1 fully saturated rings. The number of aliphatic hydroxyl groups is 1. The Morgan fingerprint density at radius 3 is 2.48 bits per heavy atom. The molecule has 5 aliphatic heterocycles. The van der Waals surface area contributed by atoms with Gasteiger partial charge in [0.2, 0.25) is 0 Å². The number of aliphatic hydroxyl groups excluding tert-OH is 1. The van der Waals surface area contributed by atoms with Crippen LogP contribution in [0, 0.1) is 11.8 Å². The highest BCUT2D eigenvalue weighted by molar-refractivity contribution is 6.21. The third-order valence-corrected chi connectivity index (χ3v) is 10.8. The number of methoxy groups -OCH3 is 1. The summed E-state index contributed by atoms with van der Waals surface area (Å²) in [7, 11) is 1.43. The smallest absolute Gasteiger partial charge is 0.305 e. The highest BCUT2D eigenvalue weighted by Crippen LogP contribution is 2.46. The van der Waals surface area contributed by atoms with Crippen molar-refractivity contribution >= 4 is 23.1 Å². The molecule has 3 atom stereocenters. The lowest BCUT2D eigenvalue weighted by Crippen LogP contribution is -2.16. The van der Waals surface area contributed by atoms with Gasteiger partial charge >= 0.3 is 5.97 Å². The van der Waals surface area contributed by atoms with E-state index < -0.39 is 0 Å². The summed E-state index contributed by atoms with van der Waals surface area (Å²) in [5.74, 6) is 0.199. The summed E-state index contributed by atoms with van der Waals surface area (Å²) in [6.45, 7) is 15.7. The molecule has 8 bridgehead atoms. The van der Waals surface area contributed by atoms with Gasteiger partial charge in [-0.25, -0.2) is 15.0 Å². The van der Waals surface area contributed by atoms with E-state index in [0.717, 1.165) is 91.9 Å². The van der Waals surface area contributed by atoms with E-state index in [9.17, 15) is 9.90 Å². The van der Waals surface area contributed by atoms with Gasteiger partial charge in [0.15, 0.2) is 0 Å². The molecule has 0 aromatic rings. The number of rotatable bonds is 11. The van der Waals surface area contributed by atoms with Crippen LogP contribution < -0.4 is 5.32 Å². The molecule has 0 aromatic carbocycles. The van der Waals surface area contributed by atoms with Crippen molar-refractivity contribution < 1.29 is 19.4 Å². The van der Waals surface area contributed by atoms with Gasteiger partial charge in [-0.05, 0) is 87.5 Å². The van der Waals surface area contributed by atoms with E-state index in [2.05, 4.69) is 65.1 Å². The molecule has 8 heteroatoms. The van der Waals surface area contributed by atoms with Crippen LogP contribution in [0.1, 0.15) is 99.8 Å². The maximum Gasteiger partial charge on any atom is 0.305 e. The number of carbonyl (C=O) groups excluding carboxylic acids is 1. The van der Waals surface area contributed by atoms with E-state index >= 15 is 0 Å². The molecule has 6 aliphatic rings. The van der Waals surface area contributed by atoms with Crippen LogP contribution in [0.25, 0.3) is 0 Å². The lowest BCUT2D eigenvalue weighted by Gasteiger charge is -2.17. The van der Waals surface area contributed by atoms with E-state index in [0.29, 0.717) is 31.6 Å². The fourth-order valence-electron chi connectivity index (χ4n) is 7.89. The van der Waals surface area contributed by atoms with Crippen molar-refractivity contribution in [2.24, 2.45) is 26.8 Å². The summed E-state index contributed by atoms with van der Waals surface area (Å²) < 4.78 is 11.5. The predicted molar refractivity (Wildman–Crippen MR) is 193 cm³/mol. The second-order valence-corrected chi connectivity index (χ2v) is 13.7. The first-order valence-corrected chi connectivity index (χ1v) is 17.7. The predicted octanol–water partition coefficient (Wildman–Crippen LogP) is 8.60. The minimum atomic E-state index is -0.228. The van der Waals surface area contributed by atoms with E-state index in [-0.39, 0.29) is 23.9 Å². The van der Waals surface area contributed by atoms with Crippen molar-refractivity contribution in [2.45, 2.75) is 106 Å². The van der Waals surface area contributed by atoms with E-state index in [1.807, 2.05) is 6.92 Å². The van der Waals surface area contributed by atoms with Gasteiger partial charge < -0.3 is 19.9 Å². The van der Waals surface area contributed by atoms with Gasteiger partial charge in [-0.1, -0.05) is 40.0 Å². The van der Waals surface area contributed by atoms with Crippen LogP contribution in [0.4, 0.5) is 0 Å². The summed E-state index contributed by atoms with van der Waals surface area (Å²) in [5, 5.41) is 15.1. The highest BCUT2D eigenvalue weighted by Gasteiger charge is 2.41. The average Bonchev–Trinajstić information content (AvgIpc) is 3.82. The van der Waals surface area contributed by atoms with Crippen molar-refractivity contribution in [3.05, 3.63) is 91.5 Å². The largest absolute Gasteiger partial charge is 0.511 e. The number of esters is 1. The molecule has 254 valence electrons. The maximum absolute atomic E-state index is 12.3. The monoisotopic (exact) mass is 650 g/mol. The molecule has 48 heavy (non-hydrogen) atoms. The Labute approximate surface area is 285 Å². The zero-order chi connectivity index (χ0) is 34.3. The molecule has 0 aromatic heterocycles. The second kappa shape index (κ2) is 13.8. The molecule has 6 rings (SSSR count). The number of hydrogen-bond acceptors (Lipinski definition) is 8. The Morgan fingerprint density at radius 2 is 1.75 bits per heavy atom. The molecule has 8 nitrogen and oxygen atoms in total. The molecule has 1 unspecified atom stereocenters. The fourth-order valence-corrected chi connectivity index (χ4v) is 7.89. The fraction of sp³-hybridized carbons (Fsp3) is 0.500. The zero-order valence-electron chi connectivity index (χ0n) is 29.8. The van der Waals surface area contributed by atoms with Crippen LogP contribution in [0.5, 0.6) is 0 Å². The van der Waals surface area contributed by atoms with Crippen LogP contribution in [-0.2, 0) is 14.3 Å². The van der Waals surface area contributed by atoms with Gasteiger partial charge in [0.05, 0.1) is 47.4 Å². The number of ether oxygens (including phenoxy) is 2. The van der Waals surface area contributed by atoms with Crippen molar-refractivity contribution in [3.63, 3.8) is 0 Å². The second-order valence-electron chi connectivity index (χ2n) is 13.7. The van der Waals surface area contributed by atoms with Crippen LogP contribution in [0.2, 0.25) is 0 Å².